The van der Waals surface area contributed by atoms with Crippen LogP contribution in [0.2, 0.25) is 5.02 Å². The standard InChI is InChI=1S/C28H17ClN4O2S3/c29-23-20-13-7-8-14-21(20)37-25(23)26(34)31-33-27(35)22(38-28(33)36)15-18-16-32(19-11-5-2-6-12-19)30-24(18)17-9-3-1-4-10-17/h1-16H,(H,31,34)/b22-15-. The van der Waals surface area contributed by atoms with Gasteiger partial charge in [0, 0.05) is 27.4 Å². The summed E-state index contributed by atoms with van der Waals surface area (Å²) in [6.45, 7) is 0. The van der Waals surface area contributed by atoms with Gasteiger partial charge in [-0.1, -0.05) is 90.1 Å². The van der Waals surface area contributed by atoms with Gasteiger partial charge in [0.1, 0.15) is 4.88 Å². The van der Waals surface area contributed by atoms with Crippen molar-refractivity contribution in [2.75, 3.05) is 0 Å². The first kappa shape index (κ1) is 24.6. The number of thiophene rings is 1. The molecule has 3 aromatic carbocycles. The van der Waals surface area contributed by atoms with Gasteiger partial charge in [0.2, 0.25) is 0 Å². The summed E-state index contributed by atoms with van der Waals surface area (Å²) in [4.78, 5) is 27.1. The van der Waals surface area contributed by atoms with Gasteiger partial charge < -0.3 is 0 Å². The Hall–Kier alpha value is -3.76. The number of rotatable bonds is 5. The lowest BCUT2D eigenvalue weighted by atomic mass is 10.1. The van der Waals surface area contributed by atoms with Crippen LogP contribution in [0, 0.1) is 0 Å². The van der Waals surface area contributed by atoms with Gasteiger partial charge >= 0.3 is 0 Å². The molecule has 0 unspecified atom stereocenters. The highest BCUT2D eigenvalue weighted by atomic mass is 35.5. The maximum atomic E-state index is 13.3. The van der Waals surface area contributed by atoms with Gasteiger partial charge in [-0.25, -0.2) is 4.68 Å². The Labute approximate surface area is 236 Å². The normalized spacial score (nSPS) is 14.6. The van der Waals surface area contributed by atoms with E-state index in [9.17, 15) is 9.59 Å². The van der Waals surface area contributed by atoms with Crippen molar-refractivity contribution in [3.8, 4) is 16.9 Å². The second-order valence-electron chi connectivity index (χ2n) is 8.28. The van der Waals surface area contributed by atoms with Gasteiger partial charge in [-0.05, 0) is 36.5 Å². The highest BCUT2D eigenvalue weighted by Gasteiger charge is 2.35. The summed E-state index contributed by atoms with van der Waals surface area (Å²) in [5.41, 5.74) is 5.92. The molecule has 1 fully saturated rings. The number of halogens is 1. The van der Waals surface area contributed by atoms with Crippen molar-refractivity contribution in [1.82, 2.24) is 20.2 Å². The van der Waals surface area contributed by atoms with E-state index in [2.05, 4.69) is 5.43 Å². The Balaban J connectivity index is 1.32. The number of fused-ring (bicyclic) bond motifs is 1. The molecule has 2 amide bonds. The van der Waals surface area contributed by atoms with Crippen LogP contribution < -0.4 is 5.43 Å². The van der Waals surface area contributed by atoms with E-state index >= 15 is 0 Å². The van der Waals surface area contributed by atoms with Crippen LogP contribution in [0.5, 0.6) is 0 Å². The zero-order chi connectivity index (χ0) is 26.2. The van der Waals surface area contributed by atoms with E-state index in [-0.39, 0.29) is 4.32 Å². The number of thioether (sulfide) groups is 1. The third-order valence-corrected chi connectivity index (χ3v) is 8.82. The van der Waals surface area contributed by atoms with Crippen LogP contribution in [0.25, 0.3) is 33.1 Å². The average Bonchev–Trinajstić information content (AvgIpc) is 3.60. The number of thiocarbonyl (C=S) groups is 1. The molecular formula is C28H17ClN4O2S3. The number of hydrazine groups is 1. The van der Waals surface area contributed by atoms with Crippen LogP contribution in [0.1, 0.15) is 15.2 Å². The number of hydrogen-bond acceptors (Lipinski definition) is 6. The molecule has 1 saturated heterocycles. The molecule has 0 bridgehead atoms. The number of nitrogens with zero attached hydrogens (tertiary/aromatic N) is 3. The topological polar surface area (TPSA) is 67.2 Å². The minimum Gasteiger partial charge on any atom is -0.266 e. The summed E-state index contributed by atoms with van der Waals surface area (Å²) >= 11 is 14.3. The fourth-order valence-corrected chi connectivity index (χ4v) is 6.62. The SMILES string of the molecule is O=C(NN1C(=O)/C(=C/c2cn(-c3ccccc3)nc2-c2ccccc2)SC1=S)c1sc2ccccc2c1Cl. The summed E-state index contributed by atoms with van der Waals surface area (Å²) in [6.07, 6.45) is 3.63. The van der Waals surface area contributed by atoms with Gasteiger partial charge in [-0.2, -0.15) is 10.1 Å². The maximum Gasteiger partial charge on any atom is 0.285 e. The predicted molar refractivity (Wildman–Crippen MR) is 158 cm³/mol. The largest absolute Gasteiger partial charge is 0.285 e. The van der Waals surface area contributed by atoms with Crippen LogP contribution in [-0.2, 0) is 4.79 Å². The molecule has 0 spiro atoms. The van der Waals surface area contributed by atoms with Crippen LogP contribution in [0.4, 0.5) is 0 Å². The van der Waals surface area contributed by atoms with Crippen molar-refractivity contribution in [2.45, 2.75) is 0 Å². The Bertz CT molecular complexity index is 1750. The van der Waals surface area contributed by atoms with Gasteiger partial charge in [-0.3, -0.25) is 15.0 Å². The summed E-state index contributed by atoms with van der Waals surface area (Å²) < 4.78 is 2.89. The zero-order valence-corrected chi connectivity index (χ0v) is 22.7. The van der Waals surface area contributed by atoms with Gasteiger partial charge in [0.15, 0.2) is 4.32 Å². The first-order chi connectivity index (χ1) is 18.5. The van der Waals surface area contributed by atoms with E-state index < -0.39 is 11.8 Å². The number of carbonyl (C=O) groups excluding carboxylic acids is 2. The van der Waals surface area contributed by atoms with E-state index in [0.717, 1.165) is 49.4 Å². The molecule has 0 atom stereocenters. The Morgan fingerprint density at radius 3 is 2.39 bits per heavy atom. The number of benzene rings is 3. The molecule has 2 aromatic heterocycles. The van der Waals surface area contributed by atoms with Crippen LogP contribution in [-0.4, -0.2) is 30.9 Å². The van der Waals surface area contributed by atoms with Crippen molar-refractivity contribution in [3.63, 3.8) is 0 Å². The third kappa shape index (κ3) is 4.54. The summed E-state index contributed by atoms with van der Waals surface area (Å²) in [5.74, 6) is -0.910. The monoisotopic (exact) mass is 572 g/mol. The Morgan fingerprint density at radius 1 is 0.974 bits per heavy atom. The number of amides is 2. The molecule has 1 aliphatic heterocycles. The molecule has 6 rings (SSSR count). The molecule has 0 saturated carbocycles. The minimum absolute atomic E-state index is 0.226. The number of aromatic nitrogens is 2. The molecule has 5 aromatic rings. The molecule has 3 heterocycles. The molecular weight excluding hydrogens is 556 g/mol. The summed E-state index contributed by atoms with van der Waals surface area (Å²) in [7, 11) is 0. The second-order valence-corrected chi connectivity index (χ2v) is 11.4. The lowest BCUT2D eigenvalue weighted by Gasteiger charge is -2.15. The van der Waals surface area contributed by atoms with Crippen molar-refractivity contribution in [2.24, 2.45) is 0 Å². The third-order valence-electron chi connectivity index (χ3n) is 5.85. The van der Waals surface area contributed by atoms with Gasteiger partial charge in [0.05, 0.1) is 21.3 Å². The molecule has 0 aliphatic carbocycles. The molecule has 1 N–H and O–H groups in total. The summed E-state index contributed by atoms with van der Waals surface area (Å²) in [5, 5.41) is 7.03. The highest BCUT2D eigenvalue weighted by Crippen LogP contribution is 2.37. The predicted octanol–water partition coefficient (Wildman–Crippen LogP) is 6.95. The van der Waals surface area contributed by atoms with E-state index in [0.29, 0.717) is 14.8 Å². The molecule has 10 heteroatoms. The molecule has 186 valence electrons. The molecule has 0 radical (unpaired) electrons. The van der Waals surface area contributed by atoms with E-state index in [4.69, 9.17) is 28.9 Å². The van der Waals surface area contributed by atoms with Crippen LogP contribution >= 0.6 is 46.9 Å². The Kier molecular flexibility index (Phi) is 6.59. The zero-order valence-electron chi connectivity index (χ0n) is 19.5. The fraction of sp³-hybridized carbons (Fsp3) is 0. The van der Waals surface area contributed by atoms with Gasteiger partial charge in [-0.15, -0.1) is 11.3 Å². The van der Waals surface area contributed by atoms with Gasteiger partial charge in [0.25, 0.3) is 11.8 Å². The first-order valence-corrected chi connectivity index (χ1v) is 13.9. The molecule has 6 nitrogen and oxygen atoms in total. The van der Waals surface area contributed by atoms with E-state index in [1.54, 1.807) is 10.8 Å². The second kappa shape index (κ2) is 10.2. The maximum absolute atomic E-state index is 13.3. The molecule has 38 heavy (non-hydrogen) atoms. The smallest absolute Gasteiger partial charge is 0.266 e. The fourth-order valence-electron chi connectivity index (χ4n) is 4.04. The number of nitrogens with one attached hydrogen (secondary N) is 1. The van der Waals surface area contributed by atoms with Crippen molar-refractivity contribution in [3.05, 3.63) is 111 Å². The van der Waals surface area contributed by atoms with Crippen molar-refractivity contribution in [1.29, 1.82) is 0 Å². The quantitative estimate of drug-likeness (QED) is 0.182. The number of carbonyl (C=O) groups is 2. The minimum atomic E-state index is -0.490. The lowest BCUT2D eigenvalue weighted by molar-refractivity contribution is -0.123. The van der Waals surface area contributed by atoms with E-state index in [1.807, 2.05) is 91.1 Å². The highest BCUT2D eigenvalue weighted by molar-refractivity contribution is 8.26. The number of hydrogen-bond donors (Lipinski definition) is 1. The molecule has 1 aliphatic rings. The summed E-state index contributed by atoms with van der Waals surface area (Å²) in [6, 6.07) is 27.0. The van der Waals surface area contributed by atoms with Crippen LogP contribution in [0.15, 0.2) is 96.0 Å². The van der Waals surface area contributed by atoms with Crippen molar-refractivity contribution >= 4 is 79.2 Å². The lowest BCUT2D eigenvalue weighted by Crippen LogP contribution is -2.44. The average molecular weight is 573 g/mol. The van der Waals surface area contributed by atoms with Crippen molar-refractivity contribution < 1.29 is 9.59 Å². The van der Waals surface area contributed by atoms with E-state index in [1.165, 1.54) is 11.3 Å². The van der Waals surface area contributed by atoms with Crippen LogP contribution in [0.3, 0.4) is 0 Å². The first-order valence-electron chi connectivity index (χ1n) is 11.5. The number of para-hydroxylation sites is 1. The Morgan fingerprint density at radius 2 is 1.66 bits per heavy atom.